The highest BCUT2D eigenvalue weighted by Crippen LogP contribution is 2.38. The average Bonchev–Trinajstić information content (AvgIpc) is 3.10. The number of nitrogens with one attached hydrogen (secondary N) is 1. The second-order valence-electron chi connectivity index (χ2n) is 6.97. The van der Waals surface area contributed by atoms with Crippen LogP contribution in [0.2, 0.25) is 0 Å². The van der Waals surface area contributed by atoms with Crippen LogP contribution in [-0.2, 0) is 20.4 Å². The fourth-order valence-corrected chi connectivity index (χ4v) is 3.92. The van der Waals surface area contributed by atoms with E-state index in [4.69, 9.17) is 14.5 Å². The first-order valence-corrected chi connectivity index (χ1v) is 8.54. The van der Waals surface area contributed by atoms with E-state index < -0.39 is 0 Å². The highest BCUT2D eigenvalue weighted by atomic mass is 32.1. The molecule has 1 saturated heterocycles. The first-order valence-electron chi connectivity index (χ1n) is 7.66. The lowest BCUT2D eigenvalue weighted by molar-refractivity contribution is 0.138. The monoisotopic (exact) mass is 312 g/mol. The molecule has 2 atom stereocenters. The van der Waals surface area contributed by atoms with Crippen molar-refractivity contribution in [2.45, 2.75) is 45.1 Å². The molecule has 0 aromatic carbocycles. The number of hydrogen-bond acceptors (Lipinski definition) is 5. The van der Waals surface area contributed by atoms with Crippen LogP contribution >= 0.6 is 11.3 Å². The van der Waals surface area contributed by atoms with Crippen LogP contribution in [0.3, 0.4) is 0 Å². The molecule has 1 aromatic rings. The molecule has 5 heteroatoms. The smallest absolute Gasteiger partial charge is 0.113 e. The summed E-state index contributed by atoms with van der Waals surface area (Å²) in [5.41, 5.74) is 1.12. The van der Waals surface area contributed by atoms with Gasteiger partial charge in [0.1, 0.15) is 5.01 Å². The van der Waals surface area contributed by atoms with Gasteiger partial charge in [-0.3, -0.25) is 0 Å². The predicted octanol–water partition coefficient (Wildman–Crippen LogP) is 2.93. The topological polar surface area (TPSA) is 43.4 Å². The number of hydrogen-bond donors (Lipinski definition) is 1. The Kier molecular flexibility index (Phi) is 5.41. The molecule has 1 N–H and O–H groups in total. The first kappa shape index (κ1) is 16.9. The van der Waals surface area contributed by atoms with E-state index in [1.165, 1.54) is 10.7 Å². The minimum atomic E-state index is -0.136. The second-order valence-corrected chi connectivity index (χ2v) is 7.83. The Morgan fingerprint density at radius 1 is 1.43 bits per heavy atom. The fourth-order valence-electron chi connectivity index (χ4n) is 2.65. The third-order valence-electron chi connectivity index (χ3n) is 4.26. The van der Waals surface area contributed by atoms with Gasteiger partial charge < -0.3 is 14.8 Å². The van der Waals surface area contributed by atoms with Crippen molar-refractivity contribution in [2.24, 2.45) is 5.92 Å². The molecule has 0 aliphatic carbocycles. The highest BCUT2D eigenvalue weighted by molar-refractivity contribution is 7.09. The van der Waals surface area contributed by atoms with Crippen LogP contribution in [0.5, 0.6) is 0 Å². The van der Waals surface area contributed by atoms with Gasteiger partial charge in [-0.2, -0.15) is 0 Å². The number of ether oxygens (including phenoxy) is 2. The molecule has 0 bridgehead atoms. The summed E-state index contributed by atoms with van der Waals surface area (Å²) in [5.74, 6) is 0.466. The summed E-state index contributed by atoms with van der Waals surface area (Å²) in [4.78, 5) is 4.94. The lowest BCUT2D eigenvalue weighted by atomic mass is 9.85. The van der Waals surface area contributed by atoms with E-state index in [9.17, 15) is 0 Å². The van der Waals surface area contributed by atoms with Crippen LogP contribution in [0.4, 0.5) is 0 Å². The van der Waals surface area contributed by atoms with Gasteiger partial charge in [-0.15, -0.1) is 11.3 Å². The minimum Gasteiger partial charge on any atom is -0.383 e. The molecule has 2 unspecified atom stereocenters. The maximum absolute atomic E-state index is 5.61. The van der Waals surface area contributed by atoms with Crippen molar-refractivity contribution in [3.05, 3.63) is 16.1 Å². The Morgan fingerprint density at radius 3 is 2.71 bits per heavy atom. The van der Waals surface area contributed by atoms with Crippen LogP contribution < -0.4 is 5.32 Å². The number of rotatable bonds is 6. The number of nitrogens with zero attached hydrogens (tertiary/aromatic N) is 1. The summed E-state index contributed by atoms with van der Waals surface area (Å²) in [5, 5.41) is 7.02. The summed E-state index contributed by atoms with van der Waals surface area (Å²) >= 11 is 1.76. The van der Waals surface area contributed by atoms with Gasteiger partial charge in [-0.1, -0.05) is 20.8 Å². The molecule has 0 radical (unpaired) electrons. The molecular weight excluding hydrogens is 284 g/mol. The van der Waals surface area contributed by atoms with Gasteiger partial charge >= 0.3 is 0 Å². The van der Waals surface area contributed by atoms with E-state index in [-0.39, 0.29) is 11.0 Å². The molecule has 21 heavy (non-hydrogen) atoms. The van der Waals surface area contributed by atoms with Crippen LogP contribution in [0.15, 0.2) is 5.38 Å². The SMILES string of the molecule is COCCNC(C)(c1nc(C(C)(C)C)cs1)C1CCOC1. The third-order valence-corrected chi connectivity index (χ3v) is 5.34. The quantitative estimate of drug-likeness (QED) is 0.820. The zero-order valence-corrected chi connectivity index (χ0v) is 14.7. The molecular formula is C16H28N2O2S. The Balaban J connectivity index is 2.23. The van der Waals surface area contributed by atoms with Gasteiger partial charge in [-0.25, -0.2) is 4.98 Å². The molecule has 1 aromatic heterocycles. The van der Waals surface area contributed by atoms with Crippen molar-refractivity contribution in [2.75, 3.05) is 33.5 Å². The van der Waals surface area contributed by atoms with Crippen LogP contribution in [0.1, 0.15) is 44.8 Å². The molecule has 120 valence electrons. The van der Waals surface area contributed by atoms with Crippen molar-refractivity contribution in [1.82, 2.24) is 10.3 Å². The molecule has 1 aliphatic rings. The molecule has 2 rings (SSSR count). The van der Waals surface area contributed by atoms with E-state index in [1.54, 1.807) is 18.4 Å². The second kappa shape index (κ2) is 6.73. The fraction of sp³-hybridized carbons (Fsp3) is 0.812. The van der Waals surface area contributed by atoms with Gasteiger partial charge in [0, 0.05) is 37.0 Å². The minimum absolute atomic E-state index is 0.0916. The molecule has 2 heterocycles. The molecule has 0 spiro atoms. The maximum Gasteiger partial charge on any atom is 0.113 e. The first-order chi connectivity index (χ1) is 9.88. The Hall–Kier alpha value is -0.490. The van der Waals surface area contributed by atoms with Crippen molar-refractivity contribution < 1.29 is 9.47 Å². The molecule has 1 aliphatic heterocycles. The van der Waals surface area contributed by atoms with Gasteiger partial charge in [0.05, 0.1) is 24.4 Å². The zero-order chi connectivity index (χ0) is 15.5. The normalized spacial score (nSPS) is 22.4. The molecule has 1 fully saturated rings. The lowest BCUT2D eigenvalue weighted by Gasteiger charge is -2.34. The molecule has 0 saturated carbocycles. The number of aromatic nitrogens is 1. The molecule has 0 amide bonds. The third kappa shape index (κ3) is 3.83. The van der Waals surface area contributed by atoms with E-state index in [0.717, 1.165) is 26.2 Å². The van der Waals surface area contributed by atoms with Crippen LogP contribution in [0, 0.1) is 5.92 Å². The largest absolute Gasteiger partial charge is 0.383 e. The van der Waals surface area contributed by atoms with Gasteiger partial charge in [0.2, 0.25) is 0 Å². The number of methoxy groups -OCH3 is 1. The zero-order valence-electron chi connectivity index (χ0n) is 13.9. The van der Waals surface area contributed by atoms with Crippen molar-refractivity contribution in [3.63, 3.8) is 0 Å². The van der Waals surface area contributed by atoms with Crippen molar-refractivity contribution >= 4 is 11.3 Å². The molecule has 4 nitrogen and oxygen atoms in total. The average molecular weight is 312 g/mol. The maximum atomic E-state index is 5.61. The summed E-state index contributed by atoms with van der Waals surface area (Å²) in [7, 11) is 1.73. The lowest BCUT2D eigenvalue weighted by Crippen LogP contribution is -2.47. The Labute approximate surface area is 132 Å². The summed E-state index contributed by atoms with van der Waals surface area (Å²) in [6, 6.07) is 0. The van der Waals surface area contributed by atoms with Crippen molar-refractivity contribution in [3.8, 4) is 0 Å². The van der Waals surface area contributed by atoms with E-state index in [1.807, 2.05) is 0 Å². The summed E-state index contributed by atoms with van der Waals surface area (Å²) in [6.07, 6.45) is 1.08. The number of thiazole rings is 1. The summed E-state index contributed by atoms with van der Waals surface area (Å²) < 4.78 is 10.8. The van der Waals surface area contributed by atoms with Crippen LogP contribution in [-0.4, -0.2) is 38.5 Å². The Morgan fingerprint density at radius 2 is 2.19 bits per heavy atom. The summed E-state index contributed by atoms with van der Waals surface area (Å²) in [6.45, 7) is 12.1. The van der Waals surface area contributed by atoms with Gasteiger partial charge in [0.15, 0.2) is 0 Å². The van der Waals surface area contributed by atoms with E-state index in [2.05, 4.69) is 38.4 Å². The highest BCUT2D eigenvalue weighted by Gasteiger charge is 2.40. The van der Waals surface area contributed by atoms with E-state index in [0.29, 0.717) is 12.5 Å². The van der Waals surface area contributed by atoms with Crippen molar-refractivity contribution in [1.29, 1.82) is 0 Å². The van der Waals surface area contributed by atoms with Crippen LogP contribution in [0.25, 0.3) is 0 Å². The van der Waals surface area contributed by atoms with Gasteiger partial charge in [0.25, 0.3) is 0 Å². The predicted molar refractivity (Wildman–Crippen MR) is 87.0 cm³/mol. The Bertz CT molecular complexity index is 449. The van der Waals surface area contributed by atoms with E-state index >= 15 is 0 Å². The standard InChI is InChI=1S/C16H28N2O2S/c1-15(2,3)13-11-21-14(18-13)16(4,17-7-9-19-5)12-6-8-20-10-12/h11-12,17H,6-10H2,1-5H3. The van der Waals surface area contributed by atoms with Gasteiger partial charge in [-0.05, 0) is 13.3 Å².